The molecule has 0 aromatic carbocycles. The molecule has 0 unspecified atom stereocenters. The molecule has 0 aliphatic carbocycles. The quantitative estimate of drug-likeness (QED) is 0.455. The second-order valence-corrected chi connectivity index (χ2v) is 2.17. The number of carbonyl (C=O) groups excluding carboxylic acids is 1. The van der Waals surface area contributed by atoms with E-state index in [1.165, 1.54) is 14.0 Å². The summed E-state index contributed by atoms with van der Waals surface area (Å²) in [6.45, 7) is 1.36. The van der Waals surface area contributed by atoms with Gasteiger partial charge in [-0.05, 0) is 0 Å². The summed E-state index contributed by atoms with van der Waals surface area (Å²) in [5.74, 6) is -0.245. The highest BCUT2D eigenvalue weighted by Crippen LogP contribution is 2.05. The van der Waals surface area contributed by atoms with Crippen LogP contribution in [0.2, 0.25) is 0 Å². The maximum atomic E-state index is 9.59. The van der Waals surface area contributed by atoms with E-state index < -0.39 is 0 Å². The van der Waals surface area contributed by atoms with Crippen LogP contribution in [-0.2, 0) is 18.6 Å². The van der Waals surface area contributed by atoms with E-state index in [1.54, 1.807) is 14.2 Å². The van der Waals surface area contributed by atoms with Crippen LogP contribution in [0.5, 0.6) is 0 Å². The van der Waals surface area contributed by atoms with E-state index in [2.05, 4.69) is 13.8 Å². The van der Waals surface area contributed by atoms with Crippen molar-refractivity contribution in [2.45, 2.75) is 6.92 Å². The van der Waals surface area contributed by atoms with Gasteiger partial charge in [0.1, 0.15) is 0 Å². The summed E-state index contributed by atoms with van der Waals surface area (Å²) < 4.78 is 13.1. The van der Waals surface area contributed by atoms with Crippen molar-refractivity contribution in [1.82, 2.24) is 0 Å². The molecule has 0 saturated heterocycles. The molecule has 0 N–H and O–H groups in total. The lowest BCUT2D eigenvalue weighted by atomic mass is 10.8. The normalized spacial score (nSPS) is 7.60. The van der Waals surface area contributed by atoms with Crippen molar-refractivity contribution in [1.29, 1.82) is 0 Å². The van der Waals surface area contributed by atoms with Crippen LogP contribution in [0.1, 0.15) is 6.92 Å². The van der Waals surface area contributed by atoms with Crippen LogP contribution in [0.3, 0.4) is 0 Å². The van der Waals surface area contributed by atoms with Gasteiger partial charge in [-0.2, -0.15) is 0 Å². The van der Waals surface area contributed by atoms with Gasteiger partial charge in [-0.3, -0.25) is 4.79 Å². The van der Waals surface area contributed by atoms with Gasteiger partial charge in [-0.25, -0.2) is 0 Å². The van der Waals surface area contributed by atoms with E-state index in [1.807, 2.05) is 0 Å². The Balaban J connectivity index is 0. The van der Waals surface area contributed by atoms with Crippen LogP contribution in [0.25, 0.3) is 0 Å². The summed E-state index contributed by atoms with van der Waals surface area (Å²) in [5, 5.41) is 0. The van der Waals surface area contributed by atoms with Crippen molar-refractivity contribution in [3.05, 3.63) is 0 Å². The van der Waals surface area contributed by atoms with Crippen LogP contribution in [0.15, 0.2) is 0 Å². The minimum atomic E-state index is -0.245. The molecule has 0 aromatic rings. The zero-order valence-corrected chi connectivity index (χ0v) is 7.63. The molecule has 0 aromatic heterocycles. The lowest BCUT2D eigenvalue weighted by Crippen LogP contribution is -1.88. The number of hydrogen-bond donors (Lipinski definition) is 0. The van der Waals surface area contributed by atoms with E-state index in [4.69, 9.17) is 0 Å². The third kappa shape index (κ3) is 24.9. The number of methoxy groups -OCH3 is 1. The first-order valence-electron chi connectivity index (χ1n) is 2.54. The number of carbonyl (C=O) groups is 1. The van der Waals surface area contributed by atoms with Gasteiger partial charge in [0, 0.05) is 21.1 Å². The van der Waals surface area contributed by atoms with Gasteiger partial charge in [0.15, 0.2) is 9.03 Å². The molecule has 5 heteroatoms. The Bertz CT molecular complexity index is 74.0. The van der Waals surface area contributed by atoms with Crippen molar-refractivity contribution < 1.29 is 18.6 Å². The van der Waals surface area contributed by atoms with E-state index in [-0.39, 0.29) is 15.0 Å². The van der Waals surface area contributed by atoms with E-state index >= 15 is 0 Å². The monoisotopic (exact) mass is 168 g/mol. The van der Waals surface area contributed by atoms with Gasteiger partial charge in [-0.15, -0.1) is 0 Å². The first-order chi connectivity index (χ1) is 4.68. The van der Waals surface area contributed by atoms with Gasteiger partial charge in [0.05, 0.1) is 7.11 Å². The highest BCUT2D eigenvalue weighted by molar-refractivity contribution is 7.26. The molecule has 0 atom stereocenters. The average Bonchev–Trinajstić information content (AvgIpc) is 1.91. The molecule has 0 fully saturated rings. The second-order valence-electron chi connectivity index (χ2n) is 1.19. The zero-order chi connectivity index (χ0) is 8.41. The fourth-order valence-electron chi connectivity index (χ4n) is 0.0833. The molecule has 4 nitrogen and oxygen atoms in total. The average molecular weight is 168 g/mol. The Morgan fingerprint density at radius 2 is 1.50 bits per heavy atom. The maximum absolute atomic E-state index is 9.59. The second kappa shape index (κ2) is 11.6. The number of hydrogen-bond acceptors (Lipinski definition) is 4. The minimum absolute atomic E-state index is 0.198. The summed E-state index contributed by atoms with van der Waals surface area (Å²) in [7, 11) is 4.75. The molecule has 0 bridgehead atoms. The largest absolute Gasteiger partial charge is 0.469 e. The maximum Gasteiger partial charge on any atom is 0.302 e. The molecule has 62 valence electrons. The van der Waals surface area contributed by atoms with Crippen molar-refractivity contribution in [3.63, 3.8) is 0 Å². The van der Waals surface area contributed by atoms with E-state index in [0.717, 1.165) is 0 Å². The van der Waals surface area contributed by atoms with Crippen molar-refractivity contribution in [2.75, 3.05) is 21.3 Å². The Morgan fingerprint density at radius 3 is 1.50 bits per heavy atom. The Kier molecular flexibility index (Phi) is 14.5. The summed E-state index contributed by atoms with van der Waals surface area (Å²) in [6.07, 6.45) is 0. The first kappa shape index (κ1) is 12.5. The topological polar surface area (TPSA) is 44.8 Å². The molecule has 0 spiro atoms. The van der Waals surface area contributed by atoms with E-state index in [9.17, 15) is 4.79 Å². The summed E-state index contributed by atoms with van der Waals surface area (Å²) in [5.41, 5.74) is 0. The summed E-state index contributed by atoms with van der Waals surface area (Å²) >= 11 is 0. The number of rotatable bonds is 2. The highest BCUT2D eigenvalue weighted by atomic mass is 31.1. The molecule has 0 radical (unpaired) electrons. The third-order valence-electron chi connectivity index (χ3n) is 0.454. The predicted octanol–water partition coefficient (Wildman–Crippen LogP) is 0.967. The molecule has 0 heterocycles. The van der Waals surface area contributed by atoms with Crippen molar-refractivity contribution in [2.24, 2.45) is 0 Å². The van der Waals surface area contributed by atoms with E-state index in [0.29, 0.717) is 0 Å². The SMILES string of the molecule is COC(C)=O.COPOC. The van der Waals surface area contributed by atoms with Crippen LogP contribution < -0.4 is 0 Å². The number of esters is 1. The minimum Gasteiger partial charge on any atom is -0.469 e. The molecule has 10 heavy (non-hydrogen) atoms. The Hall–Kier alpha value is -0.180. The lowest BCUT2D eigenvalue weighted by Gasteiger charge is -1.86. The van der Waals surface area contributed by atoms with Gasteiger partial charge in [0.2, 0.25) is 0 Å². The highest BCUT2D eigenvalue weighted by Gasteiger charge is 1.75. The standard InChI is InChI=1S/C3H6O2.C2H7O2P/c1-3(4)5-2;1-3-5-4-2/h1-2H3;5H,1-2H3. The van der Waals surface area contributed by atoms with Gasteiger partial charge < -0.3 is 13.8 Å². The van der Waals surface area contributed by atoms with Crippen LogP contribution >= 0.6 is 9.03 Å². The molecule has 0 saturated carbocycles. The Labute approximate surface area is 62.8 Å². The van der Waals surface area contributed by atoms with Gasteiger partial charge in [-0.1, -0.05) is 0 Å². The summed E-state index contributed by atoms with van der Waals surface area (Å²) in [6, 6.07) is 0. The van der Waals surface area contributed by atoms with Crippen LogP contribution in [-0.4, -0.2) is 27.3 Å². The zero-order valence-electron chi connectivity index (χ0n) is 6.63. The third-order valence-corrected chi connectivity index (χ3v) is 0.787. The first-order valence-corrected chi connectivity index (χ1v) is 3.36. The van der Waals surface area contributed by atoms with Gasteiger partial charge >= 0.3 is 5.97 Å². The fraction of sp³-hybridized carbons (Fsp3) is 0.800. The number of ether oxygens (including phenoxy) is 1. The van der Waals surface area contributed by atoms with Crippen LogP contribution in [0.4, 0.5) is 0 Å². The van der Waals surface area contributed by atoms with Crippen molar-refractivity contribution in [3.8, 4) is 0 Å². The van der Waals surface area contributed by atoms with Crippen molar-refractivity contribution >= 4 is 15.0 Å². The molecule has 0 aliphatic rings. The molecule has 0 amide bonds. The molecule has 0 aliphatic heterocycles. The van der Waals surface area contributed by atoms with Gasteiger partial charge in [0.25, 0.3) is 0 Å². The molecular weight excluding hydrogens is 155 g/mol. The molecule has 0 rings (SSSR count). The molecular formula is C5H13O4P. The lowest BCUT2D eigenvalue weighted by molar-refractivity contribution is -0.137. The Morgan fingerprint density at radius 1 is 1.20 bits per heavy atom. The smallest absolute Gasteiger partial charge is 0.302 e. The summed E-state index contributed by atoms with van der Waals surface area (Å²) in [4.78, 5) is 9.59. The van der Waals surface area contributed by atoms with Crippen LogP contribution in [0, 0.1) is 0 Å². The predicted molar refractivity (Wildman–Crippen MR) is 40.0 cm³/mol. The fourth-order valence-corrected chi connectivity index (χ4v) is 0.250.